The second-order valence-corrected chi connectivity index (χ2v) is 4.23. The van der Waals surface area contributed by atoms with E-state index in [1.165, 1.54) is 31.4 Å². The van der Waals surface area contributed by atoms with Crippen molar-refractivity contribution in [2.75, 3.05) is 7.11 Å². The van der Waals surface area contributed by atoms with Gasteiger partial charge >= 0.3 is 12.1 Å². The average molecular weight is 314 g/mol. The van der Waals surface area contributed by atoms with Crippen LogP contribution in [0.3, 0.4) is 0 Å². The number of alkyl halides is 3. The van der Waals surface area contributed by atoms with Gasteiger partial charge in [-0.05, 0) is 36.4 Å². The predicted molar refractivity (Wildman–Crippen MR) is 69.4 cm³/mol. The molecule has 0 spiro atoms. The Bertz CT molecular complexity index is 678. The molecule has 2 rings (SSSR count). The number of hydrogen-bond donors (Lipinski definition) is 0. The summed E-state index contributed by atoms with van der Waals surface area (Å²) in [5.41, 5.74) is -2.30. The van der Waals surface area contributed by atoms with Gasteiger partial charge in [-0.2, -0.15) is 13.2 Å². The fourth-order valence-electron chi connectivity index (χ4n) is 1.71. The van der Waals surface area contributed by atoms with Crippen molar-refractivity contribution in [2.45, 2.75) is 6.18 Å². The summed E-state index contributed by atoms with van der Waals surface area (Å²) in [4.78, 5) is 11.8. The molecule has 0 aliphatic rings. The molecular formula is C15H10F4O3. The standard InChI is InChI=1S/C15H10F4O3/c1-21-9-5-7-10(8-6-9)22-14(20)11-3-2-4-12(13(11)16)15(17,18)19/h2-8H,1H3. The lowest BCUT2D eigenvalue weighted by molar-refractivity contribution is -0.140. The molecule has 2 aromatic carbocycles. The van der Waals surface area contributed by atoms with Gasteiger partial charge in [0.05, 0.1) is 18.2 Å². The van der Waals surface area contributed by atoms with E-state index in [0.29, 0.717) is 11.8 Å². The van der Waals surface area contributed by atoms with E-state index in [9.17, 15) is 22.4 Å². The van der Waals surface area contributed by atoms with Crippen molar-refractivity contribution in [3.8, 4) is 11.5 Å². The first-order chi connectivity index (χ1) is 10.3. The van der Waals surface area contributed by atoms with Gasteiger partial charge in [0.1, 0.15) is 17.3 Å². The highest BCUT2D eigenvalue weighted by atomic mass is 19.4. The van der Waals surface area contributed by atoms with Crippen LogP contribution in [0, 0.1) is 5.82 Å². The van der Waals surface area contributed by atoms with E-state index in [1.54, 1.807) is 0 Å². The predicted octanol–water partition coefficient (Wildman–Crippen LogP) is 4.07. The number of benzene rings is 2. The molecular weight excluding hydrogens is 304 g/mol. The number of hydrogen-bond acceptors (Lipinski definition) is 3. The first-order valence-corrected chi connectivity index (χ1v) is 6.05. The summed E-state index contributed by atoms with van der Waals surface area (Å²) in [5, 5.41) is 0. The molecule has 0 saturated heterocycles. The van der Waals surface area contributed by atoms with Gasteiger partial charge in [0.25, 0.3) is 0 Å². The number of ether oxygens (including phenoxy) is 2. The molecule has 0 radical (unpaired) electrons. The Morgan fingerprint density at radius 2 is 1.59 bits per heavy atom. The molecule has 0 aromatic heterocycles. The third-order valence-corrected chi connectivity index (χ3v) is 2.79. The molecule has 0 bridgehead atoms. The molecule has 0 N–H and O–H groups in total. The van der Waals surface area contributed by atoms with Gasteiger partial charge < -0.3 is 9.47 Å². The molecule has 7 heteroatoms. The highest BCUT2D eigenvalue weighted by molar-refractivity contribution is 5.91. The Morgan fingerprint density at radius 1 is 1.00 bits per heavy atom. The van der Waals surface area contributed by atoms with Gasteiger partial charge in [-0.3, -0.25) is 0 Å². The fraction of sp³-hybridized carbons (Fsp3) is 0.133. The third-order valence-electron chi connectivity index (χ3n) is 2.79. The van der Waals surface area contributed by atoms with E-state index in [2.05, 4.69) is 0 Å². The maximum atomic E-state index is 13.8. The fourth-order valence-corrected chi connectivity index (χ4v) is 1.71. The highest BCUT2D eigenvalue weighted by Gasteiger charge is 2.36. The van der Waals surface area contributed by atoms with Crippen LogP contribution in [0.5, 0.6) is 11.5 Å². The number of esters is 1. The molecule has 2 aromatic rings. The van der Waals surface area contributed by atoms with E-state index in [4.69, 9.17) is 9.47 Å². The second kappa shape index (κ2) is 6.05. The Morgan fingerprint density at radius 3 is 2.14 bits per heavy atom. The first-order valence-electron chi connectivity index (χ1n) is 6.05. The lowest BCUT2D eigenvalue weighted by atomic mass is 10.1. The highest BCUT2D eigenvalue weighted by Crippen LogP contribution is 2.32. The van der Waals surface area contributed by atoms with Gasteiger partial charge in [-0.1, -0.05) is 6.07 Å². The molecule has 3 nitrogen and oxygen atoms in total. The van der Waals surface area contributed by atoms with Crippen LogP contribution in [-0.2, 0) is 6.18 Å². The van der Waals surface area contributed by atoms with E-state index >= 15 is 0 Å². The maximum Gasteiger partial charge on any atom is 0.419 e. The number of methoxy groups -OCH3 is 1. The Labute approximate surface area is 123 Å². The van der Waals surface area contributed by atoms with Crippen LogP contribution in [-0.4, -0.2) is 13.1 Å². The Balaban J connectivity index is 2.26. The second-order valence-electron chi connectivity index (χ2n) is 4.23. The lowest BCUT2D eigenvalue weighted by Gasteiger charge is -2.11. The van der Waals surface area contributed by atoms with Gasteiger partial charge in [-0.15, -0.1) is 0 Å². The van der Waals surface area contributed by atoms with Crippen molar-refractivity contribution < 1.29 is 31.8 Å². The molecule has 0 saturated carbocycles. The van der Waals surface area contributed by atoms with E-state index in [-0.39, 0.29) is 5.75 Å². The molecule has 0 unspecified atom stereocenters. The minimum Gasteiger partial charge on any atom is -0.497 e. The van der Waals surface area contributed by atoms with Crippen LogP contribution < -0.4 is 9.47 Å². The van der Waals surface area contributed by atoms with Crippen molar-refractivity contribution in [1.82, 2.24) is 0 Å². The minimum absolute atomic E-state index is 0.0580. The van der Waals surface area contributed by atoms with Gasteiger partial charge in [-0.25, -0.2) is 9.18 Å². The molecule has 0 fully saturated rings. The summed E-state index contributed by atoms with van der Waals surface area (Å²) in [6.07, 6.45) is -4.89. The van der Waals surface area contributed by atoms with Crippen LogP contribution in [0.4, 0.5) is 17.6 Å². The van der Waals surface area contributed by atoms with Crippen molar-refractivity contribution >= 4 is 5.97 Å². The maximum absolute atomic E-state index is 13.8. The van der Waals surface area contributed by atoms with Crippen LogP contribution >= 0.6 is 0 Å². The minimum atomic E-state index is -4.89. The summed E-state index contributed by atoms with van der Waals surface area (Å²) >= 11 is 0. The molecule has 116 valence electrons. The topological polar surface area (TPSA) is 35.5 Å². The van der Waals surface area contributed by atoms with Crippen molar-refractivity contribution in [3.05, 3.63) is 59.4 Å². The third kappa shape index (κ3) is 3.36. The van der Waals surface area contributed by atoms with E-state index in [0.717, 1.165) is 12.1 Å². The summed E-state index contributed by atoms with van der Waals surface area (Å²) in [7, 11) is 1.44. The normalized spacial score (nSPS) is 11.1. The van der Waals surface area contributed by atoms with Gasteiger partial charge in [0.2, 0.25) is 0 Å². The van der Waals surface area contributed by atoms with Crippen LogP contribution in [0.1, 0.15) is 15.9 Å². The SMILES string of the molecule is COc1ccc(OC(=O)c2cccc(C(F)(F)F)c2F)cc1. The zero-order valence-corrected chi connectivity index (χ0v) is 11.3. The average Bonchev–Trinajstić information content (AvgIpc) is 2.47. The molecule has 0 aliphatic heterocycles. The van der Waals surface area contributed by atoms with Crippen LogP contribution in [0.15, 0.2) is 42.5 Å². The number of carbonyl (C=O) groups excluding carboxylic acids is 1. The number of rotatable bonds is 3. The molecule has 0 amide bonds. The monoisotopic (exact) mass is 314 g/mol. The first kappa shape index (κ1) is 15.8. The van der Waals surface area contributed by atoms with E-state index in [1.807, 2.05) is 0 Å². The van der Waals surface area contributed by atoms with Crippen LogP contribution in [0.2, 0.25) is 0 Å². The zero-order valence-electron chi connectivity index (χ0n) is 11.3. The zero-order chi connectivity index (χ0) is 16.3. The lowest BCUT2D eigenvalue weighted by Crippen LogP contribution is -2.15. The number of carbonyl (C=O) groups is 1. The summed E-state index contributed by atoms with van der Waals surface area (Å²) in [6, 6.07) is 8.16. The Hall–Kier alpha value is -2.57. The molecule has 22 heavy (non-hydrogen) atoms. The molecule has 0 atom stereocenters. The Kier molecular flexibility index (Phi) is 4.35. The van der Waals surface area contributed by atoms with Crippen LogP contribution in [0.25, 0.3) is 0 Å². The smallest absolute Gasteiger partial charge is 0.419 e. The van der Waals surface area contributed by atoms with E-state index < -0.39 is 29.1 Å². The molecule has 0 aliphatic carbocycles. The van der Waals surface area contributed by atoms with Gasteiger partial charge in [0.15, 0.2) is 0 Å². The van der Waals surface area contributed by atoms with Crippen molar-refractivity contribution in [2.24, 2.45) is 0 Å². The summed E-state index contributed by atoms with van der Waals surface area (Å²) < 4.78 is 61.3. The van der Waals surface area contributed by atoms with Crippen molar-refractivity contribution in [1.29, 1.82) is 0 Å². The van der Waals surface area contributed by atoms with Gasteiger partial charge in [0, 0.05) is 0 Å². The summed E-state index contributed by atoms with van der Waals surface area (Å²) in [5.74, 6) is -2.31. The number of halogens is 4. The summed E-state index contributed by atoms with van der Waals surface area (Å²) in [6.45, 7) is 0. The quantitative estimate of drug-likeness (QED) is 0.487. The largest absolute Gasteiger partial charge is 0.497 e. The molecule has 0 heterocycles. The van der Waals surface area contributed by atoms with Crippen molar-refractivity contribution in [3.63, 3.8) is 0 Å².